The van der Waals surface area contributed by atoms with Gasteiger partial charge < -0.3 is 0 Å². The van der Waals surface area contributed by atoms with Crippen LogP contribution in [0.4, 0.5) is 0 Å². The third-order valence-corrected chi connectivity index (χ3v) is 2.49. The van der Waals surface area contributed by atoms with Crippen molar-refractivity contribution < 1.29 is 0 Å². The lowest BCUT2D eigenvalue weighted by molar-refractivity contribution is 0.717. The van der Waals surface area contributed by atoms with E-state index in [1.807, 2.05) is 13.8 Å². The summed E-state index contributed by atoms with van der Waals surface area (Å²) < 4.78 is 0. The summed E-state index contributed by atoms with van der Waals surface area (Å²) in [5, 5.41) is 0. The maximum Gasteiger partial charge on any atom is -0.0231 e. The molecule has 0 amide bonds. The number of aryl methyl sites for hydroxylation is 1. The van der Waals surface area contributed by atoms with Gasteiger partial charge in [0, 0.05) is 0 Å². The molecule has 0 fully saturated rings. The predicted octanol–water partition coefficient (Wildman–Crippen LogP) is 5.48. The lowest BCUT2D eigenvalue weighted by Crippen LogP contribution is -1.87. The Balaban J connectivity index is 0.00000106. The van der Waals surface area contributed by atoms with Gasteiger partial charge >= 0.3 is 0 Å². The zero-order chi connectivity index (χ0) is 12.4. The van der Waals surface area contributed by atoms with Gasteiger partial charge in [0.15, 0.2) is 0 Å². The summed E-state index contributed by atoms with van der Waals surface area (Å²) in [6.45, 7) is 12.3. The highest BCUT2D eigenvalue weighted by Gasteiger charge is 1.96. The smallest absolute Gasteiger partial charge is 0.0231 e. The molecule has 0 saturated heterocycles. The van der Waals surface area contributed by atoms with Crippen molar-refractivity contribution in [2.45, 2.75) is 53.4 Å². The normalized spacial score (nSPS) is 9.25. The second-order valence-electron chi connectivity index (χ2n) is 3.94. The van der Waals surface area contributed by atoms with Gasteiger partial charge in [-0.1, -0.05) is 70.0 Å². The molecule has 0 spiro atoms. The van der Waals surface area contributed by atoms with E-state index in [1.165, 1.54) is 36.8 Å². The molecule has 1 rings (SSSR count). The quantitative estimate of drug-likeness (QED) is 0.574. The van der Waals surface area contributed by atoms with Crippen LogP contribution in [0.15, 0.2) is 30.8 Å². The number of rotatable bonds is 5. The fourth-order valence-electron chi connectivity index (χ4n) is 1.57. The van der Waals surface area contributed by atoms with Gasteiger partial charge in [0.25, 0.3) is 0 Å². The highest BCUT2D eigenvalue weighted by molar-refractivity contribution is 5.61. The molecule has 0 bridgehead atoms. The maximum absolute atomic E-state index is 3.96. The first-order valence-corrected chi connectivity index (χ1v) is 6.49. The Bertz CT molecular complexity index is 297. The van der Waals surface area contributed by atoms with E-state index >= 15 is 0 Å². The van der Waals surface area contributed by atoms with E-state index in [9.17, 15) is 0 Å². The zero-order valence-corrected chi connectivity index (χ0v) is 11.3. The van der Waals surface area contributed by atoms with Gasteiger partial charge in [0.05, 0.1) is 0 Å². The summed E-state index contributed by atoms with van der Waals surface area (Å²) in [6, 6.07) is 8.73. The van der Waals surface area contributed by atoms with Crippen LogP contribution in [0.3, 0.4) is 0 Å². The summed E-state index contributed by atoms with van der Waals surface area (Å²) in [4.78, 5) is 0. The van der Waals surface area contributed by atoms with E-state index in [1.54, 1.807) is 0 Å². The second kappa shape index (κ2) is 9.21. The van der Waals surface area contributed by atoms with Crippen LogP contribution in [-0.2, 0) is 6.42 Å². The molecule has 0 aliphatic rings. The summed E-state index contributed by atoms with van der Waals surface area (Å²) >= 11 is 0. The van der Waals surface area contributed by atoms with Crippen LogP contribution in [0.1, 0.15) is 58.1 Å². The zero-order valence-electron chi connectivity index (χ0n) is 11.3. The Hall–Kier alpha value is -1.04. The van der Waals surface area contributed by atoms with Crippen molar-refractivity contribution in [1.29, 1.82) is 0 Å². The highest BCUT2D eigenvalue weighted by Crippen LogP contribution is 2.15. The van der Waals surface area contributed by atoms with Crippen molar-refractivity contribution in [3.63, 3.8) is 0 Å². The molecule has 0 heterocycles. The van der Waals surface area contributed by atoms with Crippen LogP contribution in [-0.4, -0.2) is 0 Å². The summed E-state index contributed by atoms with van der Waals surface area (Å²) in [7, 11) is 0. The van der Waals surface area contributed by atoms with Crippen LogP contribution < -0.4 is 0 Å². The van der Waals surface area contributed by atoms with Crippen molar-refractivity contribution in [3.8, 4) is 0 Å². The minimum absolute atomic E-state index is 1.15. The first-order valence-electron chi connectivity index (χ1n) is 6.49. The van der Waals surface area contributed by atoms with E-state index in [-0.39, 0.29) is 0 Å². The molecule has 16 heavy (non-hydrogen) atoms. The Morgan fingerprint density at radius 2 is 1.88 bits per heavy atom. The molecular formula is C16H26. The van der Waals surface area contributed by atoms with Crippen molar-refractivity contribution in [1.82, 2.24) is 0 Å². The standard InChI is InChI=1S/C14H20.C2H6/c1-4-5-6-8-13-9-7-10-14(11-13)12(2)3;1-2/h7,9-11H,2,4-6,8H2,1,3H3;1-2H3. The molecule has 0 unspecified atom stereocenters. The van der Waals surface area contributed by atoms with Crippen LogP contribution >= 0.6 is 0 Å². The van der Waals surface area contributed by atoms with E-state index in [4.69, 9.17) is 0 Å². The molecule has 0 atom stereocenters. The molecule has 0 heteroatoms. The Kier molecular flexibility index (Phi) is 8.61. The SMILES string of the molecule is C=C(C)c1cccc(CCCCC)c1.CC. The molecule has 0 nitrogen and oxygen atoms in total. The lowest BCUT2D eigenvalue weighted by atomic mass is 10.0. The molecule has 90 valence electrons. The molecule has 1 aromatic carbocycles. The second-order valence-corrected chi connectivity index (χ2v) is 3.94. The molecule has 0 N–H and O–H groups in total. The van der Waals surface area contributed by atoms with E-state index in [0.29, 0.717) is 0 Å². The Labute approximate surface area is 101 Å². The topological polar surface area (TPSA) is 0 Å². The molecular weight excluding hydrogens is 192 g/mol. The van der Waals surface area contributed by atoms with Crippen LogP contribution in [0.5, 0.6) is 0 Å². The van der Waals surface area contributed by atoms with Crippen molar-refractivity contribution in [3.05, 3.63) is 42.0 Å². The molecule has 1 aromatic rings. The first kappa shape index (κ1) is 15.0. The Morgan fingerprint density at radius 3 is 2.44 bits per heavy atom. The van der Waals surface area contributed by atoms with Crippen LogP contribution in [0, 0.1) is 0 Å². The van der Waals surface area contributed by atoms with Crippen molar-refractivity contribution in [2.24, 2.45) is 0 Å². The monoisotopic (exact) mass is 218 g/mol. The van der Waals surface area contributed by atoms with Gasteiger partial charge in [-0.25, -0.2) is 0 Å². The molecule has 0 aliphatic heterocycles. The van der Waals surface area contributed by atoms with E-state index in [0.717, 1.165) is 5.57 Å². The first-order chi connectivity index (χ1) is 7.74. The van der Waals surface area contributed by atoms with Crippen molar-refractivity contribution >= 4 is 5.57 Å². The number of unbranched alkanes of at least 4 members (excludes halogenated alkanes) is 2. The van der Waals surface area contributed by atoms with Crippen molar-refractivity contribution in [2.75, 3.05) is 0 Å². The van der Waals surface area contributed by atoms with Gasteiger partial charge in [0.1, 0.15) is 0 Å². The van der Waals surface area contributed by atoms with Gasteiger partial charge in [-0.2, -0.15) is 0 Å². The van der Waals surface area contributed by atoms with Gasteiger partial charge in [-0.15, -0.1) is 0 Å². The summed E-state index contributed by atoms with van der Waals surface area (Å²) in [5.41, 5.74) is 3.88. The number of hydrogen-bond donors (Lipinski definition) is 0. The number of hydrogen-bond acceptors (Lipinski definition) is 0. The molecule has 0 aromatic heterocycles. The lowest BCUT2D eigenvalue weighted by Gasteiger charge is -2.04. The van der Waals surface area contributed by atoms with Crippen LogP contribution in [0.2, 0.25) is 0 Å². The minimum Gasteiger partial charge on any atom is -0.0955 e. The fourth-order valence-corrected chi connectivity index (χ4v) is 1.57. The average Bonchev–Trinajstić information content (AvgIpc) is 2.32. The Morgan fingerprint density at radius 1 is 1.19 bits per heavy atom. The van der Waals surface area contributed by atoms with E-state index < -0.39 is 0 Å². The largest absolute Gasteiger partial charge is 0.0955 e. The van der Waals surface area contributed by atoms with Crippen LogP contribution in [0.25, 0.3) is 5.57 Å². The molecule has 0 radical (unpaired) electrons. The third-order valence-electron chi connectivity index (χ3n) is 2.49. The van der Waals surface area contributed by atoms with Gasteiger partial charge in [0.2, 0.25) is 0 Å². The molecule has 0 saturated carbocycles. The average molecular weight is 218 g/mol. The summed E-state index contributed by atoms with van der Waals surface area (Å²) in [6.07, 6.45) is 5.13. The van der Waals surface area contributed by atoms with E-state index in [2.05, 4.69) is 44.7 Å². The number of allylic oxidation sites excluding steroid dienone is 1. The maximum atomic E-state index is 3.96. The fraction of sp³-hybridized carbons (Fsp3) is 0.500. The van der Waals surface area contributed by atoms with Gasteiger partial charge in [-0.3, -0.25) is 0 Å². The third kappa shape index (κ3) is 5.75. The predicted molar refractivity (Wildman–Crippen MR) is 75.7 cm³/mol. The molecule has 0 aliphatic carbocycles. The minimum atomic E-state index is 1.15. The van der Waals surface area contributed by atoms with Gasteiger partial charge in [-0.05, 0) is 30.9 Å². The highest BCUT2D eigenvalue weighted by atomic mass is 14.0. The summed E-state index contributed by atoms with van der Waals surface area (Å²) in [5.74, 6) is 0. The number of benzene rings is 1.